The van der Waals surface area contributed by atoms with Crippen LogP contribution in [0, 0.1) is 12.8 Å². The maximum Gasteiger partial charge on any atom is 0.328 e. The quantitative estimate of drug-likeness (QED) is 0.922. The van der Waals surface area contributed by atoms with Crippen LogP contribution in [0.5, 0.6) is 0 Å². The lowest BCUT2D eigenvalue weighted by molar-refractivity contribution is 0.150. The van der Waals surface area contributed by atoms with Crippen LogP contribution < -0.4 is 5.69 Å². The highest BCUT2D eigenvalue weighted by Crippen LogP contribution is 2.27. The Morgan fingerprint density at radius 1 is 1.16 bits per heavy atom. The molecular formula is C15H22N2O2. The smallest absolute Gasteiger partial charge is 0.328 e. The lowest BCUT2D eigenvalue weighted by Gasteiger charge is -2.16. The number of fused-ring (bicyclic) bond motifs is 1. The second kappa shape index (κ2) is 4.85. The number of aromatic nitrogens is 2. The van der Waals surface area contributed by atoms with Crippen LogP contribution in [0.15, 0.2) is 16.9 Å². The molecule has 2 rings (SSSR count). The standard InChI is InChI=1S/C15H22N2O2/c1-9(2)6-14(18)11-8-13-12(7-10(11)3)16(4)15(19)17(13)5/h7-9,14,18H,6H2,1-5H3. The Labute approximate surface area is 113 Å². The summed E-state index contributed by atoms with van der Waals surface area (Å²) in [5.74, 6) is 0.435. The van der Waals surface area contributed by atoms with E-state index in [1.54, 1.807) is 23.2 Å². The first-order chi connectivity index (χ1) is 8.82. The Balaban J connectivity index is 2.62. The number of nitrogens with zero attached hydrogens (tertiary/aromatic N) is 2. The fourth-order valence-electron chi connectivity index (χ4n) is 2.60. The van der Waals surface area contributed by atoms with Gasteiger partial charge in [-0.15, -0.1) is 0 Å². The highest BCUT2D eigenvalue weighted by Gasteiger charge is 2.16. The molecular weight excluding hydrogens is 240 g/mol. The summed E-state index contributed by atoms with van der Waals surface area (Å²) in [7, 11) is 3.53. The third kappa shape index (κ3) is 2.32. The summed E-state index contributed by atoms with van der Waals surface area (Å²) in [6.45, 7) is 6.17. The van der Waals surface area contributed by atoms with Crippen molar-refractivity contribution >= 4 is 11.0 Å². The normalized spacial score (nSPS) is 13.4. The van der Waals surface area contributed by atoms with Gasteiger partial charge >= 0.3 is 5.69 Å². The van der Waals surface area contributed by atoms with Gasteiger partial charge in [-0.05, 0) is 42.5 Å². The van der Waals surface area contributed by atoms with Crippen molar-refractivity contribution in [2.24, 2.45) is 20.0 Å². The summed E-state index contributed by atoms with van der Waals surface area (Å²) in [5, 5.41) is 10.3. The van der Waals surface area contributed by atoms with Gasteiger partial charge in [0.15, 0.2) is 0 Å². The summed E-state index contributed by atoms with van der Waals surface area (Å²) in [6.07, 6.45) is 0.257. The van der Waals surface area contributed by atoms with E-state index in [1.165, 1.54) is 0 Å². The SMILES string of the molecule is Cc1cc2c(cc1C(O)CC(C)C)n(C)c(=O)n2C. The topological polar surface area (TPSA) is 47.2 Å². The fourth-order valence-corrected chi connectivity index (χ4v) is 2.60. The molecule has 2 aromatic rings. The molecule has 1 heterocycles. The molecule has 4 heteroatoms. The summed E-state index contributed by atoms with van der Waals surface area (Å²) in [4.78, 5) is 11.9. The molecule has 0 aliphatic carbocycles. The zero-order valence-corrected chi connectivity index (χ0v) is 12.3. The molecule has 104 valence electrons. The van der Waals surface area contributed by atoms with Crippen molar-refractivity contribution in [2.45, 2.75) is 33.3 Å². The Kier molecular flexibility index (Phi) is 3.54. The average molecular weight is 262 g/mol. The summed E-state index contributed by atoms with van der Waals surface area (Å²) >= 11 is 0. The number of rotatable bonds is 3. The largest absolute Gasteiger partial charge is 0.388 e. The molecule has 0 radical (unpaired) electrons. The van der Waals surface area contributed by atoms with Gasteiger partial charge in [-0.2, -0.15) is 0 Å². The van der Waals surface area contributed by atoms with Gasteiger partial charge < -0.3 is 5.11 Å². The van der Waals surface area contributed by atoms with E-state index in [1.807, 2.05) is 19.1 Å². The highest BCUT2D eigenvalue weighted by atomic mass is 16.3. The molecule has 0 aliphatic heterocycles. The van der Waals surface area contributed by atoms with E-state index in [0.717, 1.165) is 28.6 Å². The first-order valence-corrected chi connectivity index (χ1v) is 6.67. The Morgan fingerprint density at radius 2 is 1.68 bits per heavy atom. The molecule has 0 fully saturated rings. The van der Waals surface area contributed by atoms with Crippen LogP contribution in [0.2, 0.25) is 0 Å². The predicted molar refractivity (Wildman–Crippen MR) is 77.3 cm³/mol. The van der Waals surface area contributed by atoms with E-state index >= 15 is 0 Å². The molecule has 0 spiro atoms. The van der Waals surface area contributed by atoms with Crippen LogP contribution in [0.1, 0.15) is 37.5 Å². The van der Waals surface area contributed by atoms with Gasteiger partial charge in [-0.25, -0.2) is 4.79 Å². The van der Waals surface area contributed by atoms with Gasteiger partial charge in [0.2, 0.25) is 0 Å². The van der Waals surface area contributed by atoms with Crippen LogP contribution >= 0.6 is 0 Å². The first kappa shape index (κ1) is 13.9. The third-order valence-corrected chi connectivity index (χ3v) is 3.71. The van der Waals surface area contributed by atoms with Gasteiger partial charge in [-0.1, -0.05) is 13.8 Å². The number of hydrogen-bond donors (Lipinski definition) is 1. The minimum Gasteiger partial charge on any atom is -0.388 e. The van der Waals surface area contributed by atoms with Crippen LogP contribution in [-0.4, -0.2) is 14.2 Å². The molecule has 0 bridgehead atoms. The summed E-state index contributed by atoms with van der Waals surface area (Å²) < 4.78 is 3.27. The van der Waals surface area contributed by atoms with Crippen LogP contribution in [0.3, 0.4) is 0 Å². The molecule has 0 saturated heterocycles. The van der Waals surface area contributed by atoms with E-state index in [9.17, 15) is 9.90 Å². The zero-order valence-electron chi connectivity index (χ0n) is 12.3. The maximum atomic E-state index is 11.9. The summed E-state index contributed by atoms with van der Waals surface area (Å²) in [5.41, 5.74) is 3.69. The summed E-state index contributed by atoms with van der Waals surface area (Å²) in [6, 6.07) is 3.93. The number of aliphatic hydroxyl groups excluding tert-OH is 1. The van der Waals surface area contributed by atoms with Gasteiger partial charge in [-0.3, -0.25) is 9.13 Å². The molecule has 1 aromatic carbocycles. The van der Waals surface area contributed by atoms with Crippen molar-refractivity contribution in [2.75, 3.05) is 0 Å². The minimum absolute atomic E-state index is 0.0371. The van der Waals surface area contributed by atoms with Crippen LogP contribution in [0.25, 0.3) is 11.0 Å². The Morgan fingerprint density at radius 3 is 2.21 bits per heavy atom. The van der Waals surface area contributed by atoms with Crippen molar-refractivity contribution in [3.05, 3.63) is 33.7 Å². The van der Waals surface area contributed by atoms with E-state index in [4.69, 9.17) is 0 Å². The van der Waals surface area contributed by atoms with Gasteiger partial charge in [0, 0.05) is 14.1 Å². The number of aliphatic hydroxyl groups is 1. The lowest BCUT2D eigenvalue weighted by Crippen LogP contribution is -2.19. The first-order valence-electron chi connectivity index (χ1n) is 6.67. The van der Waals surface area contributed by atoms with Crippen molar-refractivity contribution in [3.63, 3.8) is 0 Å². The second-order valence-corrected chi connectivity index (χ2v) is 5.74. The van der Waals surface area contributed by atoms with E-state index in [-0.39, 0.29) is 5.69 Å². The molecule has 1 unspecified atom stereocenters. The Bertz CT molecular complexity index is 665. The van der Waals surface area contributed by atoms with Crippen LogP contribution in [0.4, 0.5) is 0 Å². The lowest BCUT2D eigenvalue weighted by atomic mass is 9.95. The fraction of sp³-hybridized carbons (Fsp3) is 0.533. The second-order valence-electron chi connectivity index (χ2n) is 5.74. The van der Waals surface area contributed by atoms with Crippen LogP contribution in [-0.2, 0) is 14.1 Å². The highest BCUT2D eigenvalue weighted by molar-refractivity contribution is 5.78. The maximum absolute atomic E-state index is 11.9. The average Bonchev–Trinajstić information content (AvgIpc) is 2.53. The number of imidazole rings is 1. The molecule has 0 aliphatic rings. The molecule has 0 amide bonds. The minimum atomic E-state index is -0.472. The molecule has 0 saturated carbocycles. The molecule has 19 heavy (non-hydrogen) atoms. The molecule has 1 atom stereocenters. The Hall–Kier alpha value is -1.55. The number of aryl methyl sites for hydroxylation is 3. The third-order valence-electron chi connectivity index (χ3n) is 3.71. The predicted octanol–water partition coefficient (Wildman–Crippen LogP) is 2.26. The van der Waals surface area contributed by atoms with E-state index in [2.05, 4.69) is 13.8 Å². The van der Waals surface area contributed by atoms with Gasteiger partial charge in [0.1, 0.15) is 0 Å². The molecule has 4 nitrogen and oxygen atoms in total. The van der Waals surface area contributed by atoms with Gasteiger partial charge in [0.05, 0.1) is 17.1 Å². The van der Waals surface area contributed by atoms with Crippen molar-refractivity contribution in [1.82, 2.24) is 9.13 Å². The zero-order chi connectivity index (χ0) is 14.3. The molecule has 1 N–H and O–H groups in total. The van der Waals surface area contributed by atoms with Gasteiger partial charge in [0.25, 0.3) is 0 Å². The van der Waals surface area contributed by atoms with Crippen molar-refractivity contribution in [3.8, 4) is 0 Å². The van der Waals surface area contributed by atoms with E-state index < -0.39 is 6.10 Å². The monoisotopic (exact) mass is 262 g/mol. The number of hydrogen-bond acceptors (Lipinski definition) is 2. The molecule has 1 aromatic heterocycles. The van der Waals surface area contributed by atoms with E-state index in [0.29, 0.717) is 5.92 Å². The van der Waals surface area contributed by atoms with Crippen molar-refractivity contribution in [1.29, 1.82) is 0 Å². The van der Waals surface area contributed by atoms with Crippen molar-refractivity contribution < 1.29 is 5.11 Å². The number of benzene rings is 1.